The van der Waals surface area contributed by atoms with Crippen LogP contribution in [0.15, 0.2) is 18.2 Å². The zero-order chi connectivity index (χ0) is 10.8. The summed E-state index contributed by atoms with van der Waals surface area (Å²) in [6.45, 7) is 0. The lowest BCUT2D eigenvalue weighted by molar-refractivity contribution is 0.203. The quantitative estimate of drug-likeness (QED) is 0.789. The number of benzene rings is 1. The molecule has 0 unspecified atom stereocenters. The zero-order valence-electron chi connectivity index (χ0n) is 9.03. The molecular weight excluding hydrogens is 228 g/mol. The Bertz CT molecular complexity index is 396. The van der Waals surface area contributed by atoms with E-state index in [1.807, 2.05) is 12.1 Å². The maximum Gasteiger partial charge on any atom is 0.412 e. The SMILES string of the molecule is CNC(=O)Oc1ccc2c(c1)[C@@H](N)CC2.Cl. The van der Waals surface area contributed by atoms with Crippen LogP contribution in [0.1, 0.15) is 23.6 Å². The number of ether oxygens (including phenoxy) is 1. The molecule has 1 aliphatic rings. The predicted octanol–water partition coefficient (Wildman–Crippen LogP) is 1.77. The summed E-state index contributed by atoms with van der Waals surface area (Å²) in [6, 6.07) is 5.70. The van der Waals surface area contributed by atoms with Crippen LogP contribution in [0.5, 0.6) is 5.75 Å². The van der Waals surface area contributed by atoms with Gasteiger partial charge in [-0.1, -0.05) is 6.07 Å². The average Bonchev–Trinajstić information content (AvgIpc) is 2.60. The molecule has 1 aromatic carbocycles. The van der Waals surface area contributed by atoms with E-state index >= 15 is 0 Å². The van der Waals surface area contributed by atoms with Crippen molar-refractivity contribution in [2.75, 3.05) is 7.05 Å². The number of halogens is 1. The number of hydrogen-bond donors (Lipinski definition) is 2. The van der Waals surface area contributed by atoms with Crippen LogP contribution in [0.3, 0.4) is 0 Å². The van der Waals surface area contributed by atoms with Crippen molar-refractivity contribution in [3.8, 4) is 5.75 Å². The second kappa shape index (κ2) is 5.18. The molecule has 0 aliphatic heterocycles. The maximum absolute atomic E-state index is 11.0. The lowest BCUT2D eigenvalue weighted by Gasteiger charge is -2.08. The predicted molar refractivity (Wildman–Crippen MR) is 64.0 cm³/mol. The van der Waals surface area contributed by atoms with Crippen LogP contribution in [0.25, 0.3) is 0 Å². The van der Waals surface area contributed by atoms with Crippen LogP contribution in [0.2, 0.25) is 0 Å². The first-order valence-electron chi connectivity index (χ1n) is 4.98. The van der Waals surface area contributed by atoms with Crippen LogP contribution in [0, 0.1) is 0 Å². The molecule has 2 rings (SSSR count). The Morgan fingerprint density at radius 3 is 3.00 bits per heavy atom. The second-order valence-electron chi connectivity index (χ2n) is 3.65. The van der Waals surface area contributed by atoms with Gasteiger partial charge in [-0.3, -0.25) is 0 Å². The van der Waals surface area contributed by atoms with Gasteiger partial charge in [0.25, 0.3) is 0 Å². The highest BCUT2D eigenvalue weighted by Crippen LogP contribution is 2.31. The number of carbonyl (C=O) groups excluding carboxylic acids is 1. The molecule has 88 valence electrons. The van der Waals surface area contributed by atoms with Gasteiger partial charge in [0.1, 0.15) is 5.75 Å². The van der Waals surface area contributed by atoms with Crippen molar-refractivity contribution in [1.29, 1.82) is 0 Å². The molecule has 0 saturated carbocycles. The third-order valence-electron chi connectivity index (χ3n) is 2.66. The molecular formula is C11H15ClN2O2. The van der Waals surface area contributed by atoms with Gasteiger partial charge in [0.05, 0.1) is 0 Å². The molecule has 0 heterocycles. The van der Waals surface area contributed by atoms with Gasteiger partial charge in [-0.15, -0.1) is 12.4 Å². The summed E-state index contributed by atoms with van der Waals surface area (Å²) in [6.07, 6.45) is 1.52. The van der Waals surface area contributed by atoms with E-state index in [4.69, 9.17) is 10.5 Å². The summed E-state index contributed by atoms with van der Waals surface area (Å²) in [5, 5.41) is 2.40. The number of carbonyl (C=O) groups is 1. The van der Waals surface area contributed by atoms with Crippen molar-refractivity contribution in [3.05, 3.63) is 29.3 Å². The Morgan fingerprint density at radius 2 is 2.31 bits per heavy atom. The monoisotopic (exact) mass is 242 g/mol. The van der Waals surface area contributed by atoms with Crippen molar-refractivity contribution >= 4 is 18.5 Å². The Kier molecular flexibility index (Phi) is 4.15. The van der Waals surface area contributed by atoms with Crippen LogP contribution < -0.4 is 15.8 Å². The van der Waals surface area contributed by atoms with E-state index in [0.29, 0.717) is 5.75 Å². The van der Waals surface area contributed by atoms with E-state index < -0.39 is 6.09 Å². The van der Waals surface area contributed by atoms with E-state index in [0.717, 1.165) is 18.4 Å². The molecule has 0 saturated heterocycles. The molecule has 1 aliphatic carbocycles. The maximum atomic E-state index is 11.0. The van der Waals surface area contributed by atoms with E-state index in [9.17, 15) is 4.79 Å². The lowest BCUT2D eigenvalue weighted by atomic mass is 10.1. The minimum Gasteiger partial charge on any atom is -0.410 e. The first-order chi connectivity index (χ1) is 7.20. The average molecular weight is 243 g/mol. The molecule has 0 spiro atoms. The third-order valence-corrected chi connectivity index (χ3v) is 2.66. The fourth-order valence-corrected chi connectivity index (χ4v) is 1.83. The normalized spacial score (nSPS) is 17.2. The van der Waals surface area contributed by atoms with Crippen molar-refractivity contribution in [3.63, 3.8) is 0 Å². The number of nitrogens with one attached hydrogen (secondary N) is 1. The Balaban J connectivity index is 0.00000128. The Morgan fingerprint density at radius 1 is 1.56 bits per heavy atom. The van der Waals surface area contributed by atoms with Crippen LogP contribution >= 0.6 is 12.4 Å². The van der Waals surface area contributed by atoms with Gasteiger partial charge in [-0.25, -0.2) is 4.79 Å². The highest BCUT2D eigenvalue weighted by Gasteiger charge is 2.19. The fraction of sp³-hybridized carbons (Fsp3) is 0.364. The number of amides is 1. The van der Waals surface area contributed by atoms with E-state index in [2.05, 4.69) is 5.32 Å². The van der Waals surface area contributed by atoms with Gasteiger partial charge in [0.2, 0.25) is 0 Å². The summed E-state index contributed by atoms with van der Waals surface area (Å²) in [7, 11) is 1.53. The summed E-state index contributed by atoms with van der Waals surface area (Å²) in [4.78, 5) is 11.0. The molecule has 4 nitrogen and oxygen atoms in total. The number of aryl methyl sites for hydroxylation is 1. The third kappa shape index (κ3) is 2.46. The largest absolute Gasteiger partial charge is 0.412 e. The van der Waals surface area contributed by atoms with Crippen LogP contribution in [0.4, 0.5) is 4.79 Å². The molecule has 1 amide bonds. The van der Waals surface area contributed by atoms with Gasteiger partial charge in [-0.2, -0.15) is 0 Å². The second-order valence-corrected chi connectivity index (χ2v) is 3.65. The first-order valence-corrected chi connectivity index (χ1v) is 4.98. The number of hydrogen-bond acceptors (Lipinski definition) is 3. The summed E-state index contributed by atoms with van der Waals surface area (Å²) >= 11 is 0. The summed E-state index contributed by atoms with van der Waals surface area (Å²) in [5.41, 5.74) is 8.27. The molecule has 0 aromatic heterocycles. The van der Waals surface area contributed by atoms with E-state index in [-0.39, 0.29) is 18.4 Å². The van der Waals surface area contributed by atoms with Gasteiger partial charge in [0.15, 0.2) is 0 Å². The van der Waals surface area contributed by atoms with Crippen molar-refractivity contribution in [2.24, 2.45) is 5.73 Å². The Hall–Kier alpha value is -1.26. The van der Waals surface area contributed by atoms with Gasteiger partial charge in [-0.05, 0) is 36.1 Å². The van der Waals surface area contributed by atoms with E-state index in [1.54, 1.807) is 6.07 Å². The molecule has 16 heavy (non-hydrogen) atoms. The van der Waals surface area contributed by atoms with Crippen molar-refractivity contribution < 1.29 is 9.53 Å². The molecule has 1 aromatic rings. The van der Waals surface area contributed by atoms with Crippen LogP contribution in [-0.2, 0) is 6.42 Å². The zero-order valence-corrected chi connectivity index (χ0v) is 9.84. The number of fused-ring (bicyclic) bond motifs is 1. The number of rotatable bonds is 1. The standard InChI is InChI=1S/C11H14N2O2.ClH/c1-13-11(14)15-8-4-2-7-3-5-10(12)9(7)6-8;/h2,4,6,10H,3,5,12H2,1H3,(H,13,14);1H/t10-;/m0./s1. The molecule has 0 bridgehead atoms. The Labute approximate surface area is 101 Å². The molecule has 0 fully saturated rings. The van der Waals surface area contributed by atoms with Crippen molar-refractivity contribution in [1.82, 2.24) is 5.32 Å². The highest BCUT2D eigenvalue weighted by molar-refractivity contribution is 5.85. The minimum atomic E-state index is -0.457. The smallest absolute Gasteiger partial charge is 0.410 e. The molecule has 1 atom stereocenters. The highest BCUT2D eigenvalue weighted by atomic mass is 35.5. The fourth-order valence-electron chi connectivity index (χ4n) is 1.83. The minimum absolute atomic E-state index is 0. The topological polar surface area (TPSA) is 64.3 Å². The first kappa shape index (κ1) is 12.8. The summed E-state index contributed by atoms with van der Waals surface area (Å²) in [5.74, 6) is 0.547. The van der Waals surface area contributed by atoms with Gasteiger partial charge >= 0.3 is 6.09 Å². The lowest BCUT2D eigenvalue weighted by Crippen LogP contribution is -2.22. The molecule has 3 N–H and O–H groups in total. The van der Waals surface area contributed by atoms with Gasteiger partial charge in [0, 0.05) is 13.1 Å². The van der Waals surface area contributed by atoms with Gasteiger partial charge < -0.3 is 15.8 Å². The molecule has 0 radical (unpaired) electrons. The van der Waals surface area contributed by atoms with Crippen LogP contribution in [-0.4, -0.2) is 13.1 Å². The number of nitrogens with two attached hydrogens (primary N) is 1. The van der Waals surface area contributed by atoms with E-state index in [1.165, 1.54) is 12.6 Å². The van der Waals surface area contributed by atoms with Crippen molar-refractivity contribution in [2.45, 2.75) is 18.9 Å². The summed E-state index contributed by atoms with van der Waals surface area (Å²) < 4.78 is 5.03. The molecule has 5 heteroatoms.